The van der Waals surface area contributed by atoms with Gasteiger partial charge in [-0.05, 0) is 41.9 Å². The molecule has 1 amide bonds. The van der Waals surface area contributed by atoms with Crippen molar-refractivity contribution in [2.45, 2.75) is 40.0 Å². The van der Waals surface area contributed by atoms with Crippen LogP contribution >= 0.6 is 0 Å². The van der Waals surface area contributed by atoms with Gasteiger partial charge in [0, 0.05) is 18.2 Å². The first-order valence-corrected chi connectivity index (χ1v) is 7.74. The van der Waals surface area contributed by atoms with E-state index >= 15 is 0 Å². The predicted molar refractivity (Wildman–Crippen MR) is 90.1 cm³/mol. The number of hydrogen-bond donors (Lipinski definition) is 3. The fourth-order valence-electron chi connectivity index (χ4n) is 2.44. The summed E-state index contributed by atoms with van der Waals surface area (Å²) in [6.07, 6.45) is 5.65. The molecule has 4 heteroatoms. The lowest BCUT2D eigenvalue weighted by atomic mass is 9.87. The van der Waals surface area contributed by atoms with Crippen molar-refractivity contribution in [3.05, 3.63) is 41.5 Å². The molecule has 0 radical (unpaired) electrons. The summed E-state index contributed by atoms with van der Waals surface area (Å²) in [6, 6.07) is 7.78. The summed E-state index contributed by atoms with van der Waals surface area (Å²) in [6.45, 7) is 6.53. The zero-order valence-corrected chi connectivity index (χ0v) is 13.6. The molecule has 1 aromatic carbocycles. The first-order valence-electron chi connectivity index (χ1n) is 7.74. The Morgan fingerprint density at radius 3 is 2.45 bits per heavy atom. The average Bonchev–Trinajstić information content (AvgIpc) is 2.51. The molecule has 0 bridgehead atoms. The molecule has 0 aromatic heterocycles. The highest BCUT2D eigenvalue weighted by molar-refractivity contribution is 5.90. The second-order valence-corrected chi connectivity index (χ2v) is 5.99. The number of nitrogens with one attached hydrogen (secondary N) is 2. The Hall–Kier alpha value is -1.94. The summed E-state index contributed by atoms with van der Waals surface area (Å²) >= 11 is 0. The van der Waals surface area contributed by atoms with Crippen LogP contribution in [0.15, 0.2) is 30.3 Å². The minimum atomic E-state index is -0.551. The van der Waals surface area contributed by atoms with E-state index in [-0.39, 0.29) is 0 Å². The van der Waals surface area contributed by atoms with Crippen molar-refractivity contribution in [1.82, 2.24) is 5.48 Å². The second-order valence-electron chi connectivity index (χ2n) is 5.99. The van der Waals surface area contributed by atoms with Crippen molar-refractivity contribution in [2.75, 3.05) is 0 Å². The van der Waals surface area contributed by atoms with E-state index in [1.54, 1.807) is 11.6 Å². The fraction of sp³-hybridized carbons (Fsp3) is 0.444. The zero-order valence-electron chi connectivity index (χ0n) is 13.6. The molecule has 1 atom stereocenters. The van der Waals surface area contributed by atoms with Crippen LogP contribution in [0.5, 0.6) is 0 Å². The zero-order chi connectivity index (χ0) is 16.5. The van der Waals surface area contributed by atoms with Crippen LogP contribution in [0.2, 0.25) is 0 Å². The standard InChI is InChI=1S/C18H26N2O2/c1-4-16(11-13(2)3)17(19)12-15-7-5-14(6-8-15)9-10-18(21)20-22/h5-10,13,16,19,22H,4,11-12H2,1-3H3,(H,20,21)/b10-9+,19-17?. The van der Waals surface area contributed by atoms with Crippen molar-refractivity contribution in [2.24, 2.45) is 11.8 Å². The number of carbonyl (C=O) groups excluding carboxylic acids is 1. The molecule has 3 N–H and O–H groups in total. The molecule has 0 spiro atoms. The number of hydrogen-bond acceptors (Lipinski definition) is 3. The van der Waals surface area contributed by atoms with Gasteiger partial charge in [-0.3, -0.25) is 10.0 Å². The maximum atomic E-state index is 10.9. The third-order valence-corrected chi connectivity index (χ3v) is 3.65. The number of amides is 1. The Balaban J connectivity index is 2.65. The lowest BCUT2D eigenvalue weighted by Crippen LogP contribution is -2.17. The average molecular weight is 302 g/mol. The minimum Gasteiger partial charge on any atom is -0.309 e. The summed E-state index contributed by atoms with van der Waals surface area (Å²) < 4.78 is 0. The minimum absolute atomic E-state index is 0.354. The van der Waals surface area contributed by atoms with Gasteiger partial charge in [-0.15, -0.1) is 0 Å². The molecule has 0 fully saturated rings. The third kappa shape index (κ3) is 6.22. The van der Waals surface area contributed by atoms with E-state index in [0.29, 0.717) is 18.3 Å². The summed E-state index contributed by atoms with van der Waals surface area (Å²) in [4.78, 5) is 10.9. The van der Waals surface area contributed by atoms with Gasteiger partial charge < -0.3 is 5.41 Å². The van der Waals surface area contributed by atoms with Crippen LogP contribution in [-0.2, 0) is 11.2 Å². The van der Waals surface area contributed by atoms with Crippen molar-refractivity contribution >= 4 is 17.7 Å². The summed E-state index contributed by atoms with van der Waals surface area (Å²) in [5, 5.41) is 16.7. The first-order chi connectivity index (χ1) is 10.5. The quantitative estimate of drug-likeness (QED) is 0.295. The molecular formula is C18H26N2O2. The largest absolute Gasteiger partial charge is 0.309 e. The lowest BCUT2D eigenvalue weighted by Gasteiger charge is -2.18. The van der Waals surface area contributed by atoms with Gasteiger partial charge in [0.25, 0.3) is 5.91 Å². The highest BCUT2D eigenvalue weighted by Gasteiger charge is 2.14. The molecule has 1 unspecified atom stereocenters. The van der Waals surface area contributed by atoms with Crippen LogP contribution < -0.4 is 5.48 Å². The van der Waals surface area contributed by atoms with E-state index in [2.05, 4.69) is 20.8 Å². The van der Waals surface area contributed by atoms with Gasteiger partial charge in [-0.2, -0.15) is 0 Å². The molecule has 1 rings (SSSR count). The van der Waals surface area contributed by atoms with E-state index in [4.69, 9.17) is 10.6 Å². The highest BCUT2D eigenvalue weighted by Crippen LogP contribution is 2.19. The summed E-state index contributed by atoms with van der Waals surface area (Å²) in [7, 11) is 0. The SMILES string of the molecule is CCC(CC(C)C)C(=N)Cc1ccc(/C=C/C(=O)NO)cc1. The van der Waals surface area contributed by atoms with Crippen LogP contribution in [0.1, 0.15) is 44.7 Å². The van der Waals surface area contributed by atoms with E-state index in [1.807, 2.05) is 24.3 Å². The molecule has 0 saturated carbocycles. The Labute approximate surface area is 132 Å². The molecule has 0 aliphatic heterocycles. The molecule has 0 heterocycles. The molecule has 0 saturated heterocycles. The van der Waals surface area contributed by atoms with Crippen molar-refractivity contribution in [3.63, 3.8) is 0 Å². The molecule has 1 aromatic rings. The lowest BCUT2D eigenvalue weighted by molar-refractivity contribution is -0.124. The summed E-state index contributed by atoms with van der Waals surface area (Å²) in [5.41, 5.74) is 4.33. The monoisotopic (exact) mass is 302 g/mol. The van der Waals surface area contributed by atoms with Crippen molar-refractivity contribution < 1.29 is 10.0 Å². The van der Waals surface area contributed by atoms with Gasteiger partial charge in [0.05, 0.1) is 0 Å². The van der Waals surface area contributed by atoms with E-state index in [9.17, 15) is 4.79 Å². The summed E-state index contributed by atoms with van der Waals surface area (Å²) in [5.74, 6) is 0.411. The van der Waals surface area contributed by atoms with E-state index < -0.39 is 5.91 Å². The van der Waals surface area contributed by atoms with Crippen LogP contribution in [0.3, 0.4) is 0 Å². The first kappa shape index (κ1) is 18.1. The predicted octanol–water partition coefficient (Wildman–Crippen LogP) is 3.84. The maximum absolute atomic E-state index is 10.9. The smallest absolute Gasteiger partial charge is 0.267 e. The topological polar surface area (TPSA) is 73.2 Å². The number of benzene rings is 1. The van der Waals surface area contributed by atoms with E-state index in [0.717, 1.165) is 29.7 Å². The molecule has 0 aliphatic carbocycles. The third-order valence-electron chi connectivity index (χ3n) is 3.65. The number of carbonyl (C=O) groups is 1. The fourth-order valence-corrected chi connectivity index (χ4v) is 2.44. The highest BCUT2D eigenvalue weighted by atomic mass is 16.5. The van der Waals surface area contributed by atoms with Crippen molar-refractivity contribution in [1.29, 1.82) is 5.41 Å². The van der Waals surface area contributed by atoms with Gasteiger partial charge in [0.2, 0.25) is 0 Å². The van der Waals surface area contributed by atoms with Gasteiger partial charge >= 0.3 is 0 Å². The van der Waals surface area contributed by atoms with Crippen LogP contribution in [0.4, 0.5) is 0 Å². The van der Waals surface area contributed by atoms with Gasteiger partial charge in [0.1, 0.15) is 0 Å². The van der Waals surface area contributed by atoms with Crippen LogP contribution in [0.25, 0.3) is 6.08 Å². The van der Waals surface area contributed by atoms with E-state index in [1.165, 1.54) is 6.08 Å². The Morgan fingerprint density at radius 2 is 1.95 bits per heavy atom. The maximum Gasteiger partial charge on any atom is 0.267 e. The number of rotatable bonds is 8. The Kier molecular flexibility index (Phi) is 7.54. The molecule has 4 nitrogen and oxygen atoms in total. The molecule has 120 valence electrons. The van der Waals surface area contributed by atoms with Gasteiger partial charge in [0.15, 0.2) is 0 Å². The van der Waals surface area contributed by atoms with Gasteiger partial charge in [-0.1, -0.05) is 45.0 Å². The Morgan fingerprint density at radius 1 is 1.32 bits per heavy atom. The van der Waals surface area contributed by atoms with Crippen LogP contribution in [0, 0.1) is 17.2 Å². The molecular weight excluding hydrogens is 276 g/mol. The second kappa shape index (κ2) is 9.15. The Bertz CT molecular complexity index is 518. The number of hydroxylamine groups is 1. The van der Waals surface area contributed by atoms with Crippen LogP contribution in [-0.4, -0.2) is 16.8 Å². The van der Waals surface area contributed by atoms with Gasteiger partial charge in [-0.25, -0.2) is 5.48 Å². The molecule has 0 aliphatic rings. The van der Waals surface area contributed by atoms with Crippen molar-refractivity contribution in [3.8, 4) is 0 Å². The molecule has 22 heavy (non-hydrogen) atoms. The normalized spacial score (nSPS) is 12.6.